The van der Waals surface area contributed by atoms with Crippen LogP contribution in [-0.4, -0.2) is 10.4 Å². The molecule has 0 bridgehead atoms. The molecular weight excluding hydrogens is 94.1 g/mol. The van der Waals surface area contributed by atoms with Crippen LogP contribution in [0, 0.1) is 5.41 Å². The average Bonchev–Trinajstić information content (AvgIpc) is 1.69. The van der Waals surface area contributed by atoms with Crippen molar-refractivity contribution in [1.29, 1.82) is 5.41 Å². The number of nitrogens with zero attached hydrogens (tertiary/aromatic N) is 2. The van der Waals surface area contributed by atoms with Crippen molar-refractivity contribution in [3.05, 3.63) is 17.8 Å². The van der Waals surface area contributed by atoms with Crippen LogP contribution in [0.1, 0.15) is 0 Å². The predicted octanol–water partition coefficient (Wildman–Crippen LogP) is -0.451. The minimum Gasteiger partial charge on any atom is -0.347 e. The molecule has 1 N–H and O–H groups in total. The van der Waals surface area contributed by atoms with E-state index in [2.05, 4.69) is 14.9 Å². The lowest BCUT2D eigenvalue weighted by molar-refractivity contribution is 0.353. The maximum absolute atomic E-state index is 6.76. The summed E-state index contributed by atoms with van der Waals surface area (Å²) in [5.74, 6) is 0. The first-order valence-electron chi connectivity index (χ1n) is 1.71. The lowest BCUT2D eigenvalue weighted by Crippen LogP contribution is -2.03. The van der Waals surface area contributed by atoms with Crippen molar-refractivity contribution in [2.45, 2.75) is 0 Å². The summed E-state index contributed by atoms with van der Waals surface area (Å²) in [4.78, 5) is 0. The summed E-state index contributed by atoms with van der Waals surface area (Å²) in [7, 11) is 0. The van der Waals surface area contributed by atoms with E-state index in [0.717, 1.165) is 0 Å². The van der Waals surface area contributed by atoms with Crippen molar-refractivity contribution >= 4 is 0 Å². The largest absolute Gasteiger partial charge is 0.347 e. The molecule has 4 heteroatoms. The average molecular weight is 97.1 g/mol. The fourth-order valence-electron chi connectivity index (χ4n) is 0.223. The Morgan fingerprint density at radius 1 is 1.71 bits per heavy atom. The molecule has 0 aliphatic heterocycles. The third-order valence-corrected chi connectivity index (χ3v) is 0.482. The summed E-state index contributed by atoms with van der Waals surface area (Å²) in [6, 6.07) is 1.41. The van der Waals surface area contributed by atoms with Gasteiger partial charge in [0.25, 0.3) is 0 Å². The molecule has 0 fully saturated rings. The second kappa shape index (κ2) is 1.51. The van der Waals surface area contributed by atoms with E-state index in [1.54, 1.807) is 0 Å². The van der Waals surface area contributed by atoms with E-state index in [1.807, 2.05) is 0 Å². The molecule has 0 radical (unpaired) electrons. The first kappa shape index (κ1) is 3.98. The smallest absolute Gasteiger partial charge is 0.173 e. The van der Waals surface area contributed by atoms with E-state index in [9.17, 15) is 0 Å². The first-order valence-corrected chi connectivity index (χ1v) is 1.71. The van der Waals surface area contributed by atoms with Gasteiger partial charge in [0.15, 0.2) is 5.49 Å². The van der Waals surface area contributed by atoms with Crippen LogP contribution >= 0.6 is 0 Å². The van der Waals surface area contributed by atoms with Gasteiger partial charge >= 0.3 is 0 Å². The number of aromatic nitrogens is 2. The van der Waals surface area contributed by atoms with Gasteiger partial charge in [-0.25, -0.2) is 0 Å². The third kappa shape index (κ3) is 0.819. The summed E-state index contributed by atoms with van der Waals surface area (Å²) < 4.78 is 4.28. The highest BCUT2D eigenvalue weighted by Gasteiger charge is 1.70. The normalized spacial score (nSPS) is 8.57. The molecule has 7 heavy (non-hydrogen) atoms. The second-order valence-corrected chi connectivity index (χ2v) is 0.975. The Morgan fingerprint density at radius 2 is 2.57 bits per heavy atom. The maximum atomic E-state index is 6.76. The van der Waals surface area contributed by atoms with E-state index in [1.165, 1.54) is 12.3 Å². The zero-order valence-corrected chi connectivity index (χ0v) is 3.46. The highest BCUT2D eigenvalue weighted by molar-refractivity contribution is 4.65. The van der Waals surface area contributed by atoms with Gasteiger partial charge in [-0.15, -0.1) is 0 Å². The molecule has 0 atom stereocenters. The zero-order valence-electron chi connectivity index (χ0n) is 3.46. The van der Waals surface area contributed by atoms with Gasteiger partial charge in [-0.3, -0.25) is 5.41 Å². The molecule has 0 unspecified atom stereocenters. The Hall–Kier alpha value is -1.19. The van der Waals surface area contributed by atoms with Crippen LogP contribution in [0.4, 0.5) is 0 Å². The lowest BCUT2D eigenvalue weighted by atomic mass is 10.7. The van der Waals surface area contributed by atoms with E-state index in [4.69, 9.17) is 5.41 Å². The van der Waals surface area contributed by atoms with Gasteiger partial charge < -0.3 is 4.52 Å². The molecule has 0 saturated heterocycles. The zero-order chi connectivity index (χ0) is 5.11. The summed E-state index contributed by atoms with van der Waals surface area (Å²) in [5, 5.41) is 13.1. The minimum absolute atomic E-state index is 0.117. The molecule has 1 aromatic heterocycles. The Labute approximate surface area is 39.3 Å². The predicted molar refractivity (Wildman–Crippen MR) is 20.2 cm³/mol. The van der Waals surface area contributed by atoms with Crippen molar-refractivity contribution < 1.29 is 4.52 Å². The van der Waals surface area contributed by atoms with Crippen molar-refractivity contribution in [3.63, 3.8) is 0 Å². The Kier molecular flexibility index (Phi) is 0.856. The molecule has 0 aliphatic rings. The van der Waals surface area contributed by atoms with Crippen molar-refractivity contribution in [3.8, 4) is 0 Å². The fourth-order valence-corrected chi connectivity index (χ4v) is 0.223. The van der Waals surface area contributed by atoms with E-state index < -0.39 is 0 Å². The number of hydrogen-bond donors (Lipinski definition) is 1. The van der Waals surface area contributed by atoms with Crippen LogP contribution in [0.25, 0.3) is 0 Å². The van der Waals surface area contributed by atoms with E-state index in [-0.39, 0.29) is 5.49 Å². The molecule has 0 amide bonds. The standard InChI is InChI=1S/C3H3N3O/c4-3-1-2-7-6-5-3/h1-2,4H. The topological polar surface area (TPSA) is 62.8 Å². The van der Waals surface area contributed by atoms with Crippen LogP contribution in [0.15, 0.2) is 16.9 Å². The van der Waals surface area contributed by atoms with Crippen LogP contribution in [0.2, 0.25) is 0 Å². The quantitative estimate of drug-likeness (QED) is 0.476. The van der Waals surface area contributed by atoms with Gasteiger partial charge in [0, 0.05) is 11.3 Å². The maximum Gasteiger partial charge on any atom is 0.173 e. The minimum atomic E-state index is 0.117. The second-order valence-electron chi connectivity index (χ2n) is 0.975. The van der Waals surface area contributed by atoms with Gasteiger partial charge in [-0.1, -0.05) is 5.10 Å². The summed E-state index contributed by atoms with van der Waals surface area (Å²) >= 11 is 0. The van der Waals surface area contributed by atoms with Gasteiger partial charge in [0.2, 0.25) is 0 Å². The monoisotopic (exact) mass is 97.0 g/mol. The van der Waals surface area contributed by atoms with E-state index in [0.29, 0.717) is 0 Å². The highest BCUT2D eigenvalue weighted by Crippen LogP contribution is 1.60. The summed E-state index contributed by atoms with van der Waals surface area (Å²) in [5.41, 5.74) is 0.117. The van der Waals surface area contributed by atoms with E-state index >= 15 is 0 Å². The van der Waals surface area contributed by atoms with Gasteiger partial charge in [-0.05, 0) is 0 Å². The molecule has 0 aliphatic carbocycles. The van der Waals surface area contributed by atoms with Crippen LogP contribution < -0.4 is 5.49 Å². The Bertz CT molecular complexity index is 176. The van der Waals surface area contributed by atoms with Gasteiger partial charge in [-0.2, -0.15) is 0 Å². The molecule has 0 aromatic carbocycles. The Morgan fingerprint density at radius 3 is 2.86 bits per heavy atom. The third-order valence-electron chi connectivity index (χ3n) is 0.482. The Balaban J connectivity index is 3.28. The van der Waals surface area contributed by atoms with Crippen LogP contribution in [0.5, 0.6) is 0 Å². The van der Waals surface area contributed by atoms with Crippen LogP contribution in [-0.2, 0) is 0 Å². The molecule has 1 aromatic rings. The fraction of sp³-hybridized carbons (Fsp3) is 0. The van der Waals surface area contributed by atoms with Crippen molar-refractivity contribution in [2.24, 2.45) is 0 Å². The van der Waals surface area contributed by atoms with Gasteiger partial charge in [0.05, 0.1) is 0 Å². The molecule has 1 heterocycles. The van der Waals surface area contributed by atoms with Crippen LogP contribution in [0.3, 0.4) is 0 Å². The lowest BCUT2D eigenvalue weighted by Gasteiger charge is -1.72. The van der Waals surface area contributed by atoms with Crippen molar-refractivity contribution in [1.82, 2.24) is 10.4 Å². The van der Waals surface area contributed by atoms with Gasteiger partial charge in [0.1, 0.15) is 6.26 Å². The summed E-state index contributed by atoms with van der Waals surface area (Å²) in [6.07, 6.45) is 1.30. The first-order chi connectivity index (χ1) is 3.39. The highest BCUT2D eigenvalue weighted by atomic mass is 16.5. The molecule has 0 saturated carbocycles. The number of rotatable bonds is 0. The molecule has 36 valence electrons. The molecule has 4 nitrogen and oxygen atoms in total. The number of hydrogen-bond acceptors (Lipinski definition) is 4. The van der Waals surface area contributed by atoms with Crippen molar-refractivity contribution in [2.75, 3.05) is 0 Å². The SMILES string of the molecule is N=c1cconn1. The molecule has 1 rings (SSSR count). The molecule has 0 spiro atoms. The molecular formula is C3H3N3O. The summed E-state index contributed by atoms with van der Waals surface area (Å²) in [6.45, 7) is 0. The number of nitrogens with one attached hydrogen (secondary N) is 1.